The van der Waals surface area contributed by atoms with Gasteiger partial charge in [0.25, 0.3) is 5.91 Å². The third kappa shape index (κ3) is 3.71. The Balaban J connectivity index is 2.20. The maximum absolute atomic E-state index is 13.6. The minimum atomic E-state index is -4.77. The summed E-state index contributed by atoms with van der Waals surface area (Å²) >= 11 is 0. The van der Waals surface area contributed by atoms with E-state index in [0.29, 0.717) is 4.90 Å². The lowest BCUT2D eigenvalue weighted by Gasteiger charge is -2.40. The van der Waals surface area contributed by atoms with Crippen molar-refractivity contribution < 1.29 is 37.0 Å². The third-order valence-corrected chi connectivity index (χ3v) is 4.08. The van der Waals surface area contributed by atoms with E-state index in [1.807, 2.05) is 0 Å². The van der Waals surface area contributed by atoms with Crippen LogP contribution >= 0.6 is 0 Å². The molecular weight excluding hydrogens is 374 g/mol. The standard InChI is InChI=1S/C16H13F4N3O4/c1-22-6-8(5-21-22)12-13(27-15(25)26)10-3-2-9(17)4-11(10)14(24)23(12)7-16(18,19)20/h2-6,12-13H,7H2,1H3,(H,25,26). The molecule has 3 rings (SSSR count). The molecule has 0 bridgehead atoms. The molecule has 0 saturated heterocycles. The Bertz CT molecular complexity index is 896. The second-order valence-electron chi connectivity index (χ2n) is 5.98. The zero-order chi connectivity index (χ0) is 19.9. The molecule has 2 aromatic rings. The van der Waals surface area contributed by atoms with Gasteiger partial charge in [-0.1, -0.05) is 6.07 Å². The van der Waals surface area contributed by atoms with Crippen LogP contribution in [-0.2, 0) is 11.8 Å². The Hall–Kier alpha value is -3.11. The minimum Gasteiger partial charge on any atom is -0.450 e. The molecule has 1 aromatic heterocycles. The van der Waals surface area contributed by atoms with Crippen LogP contribution in [0, 0.1) is 5.82 Å². The van der Waals surface area contributed by atoms with Gasteiger partial charge in [-0.15, -0.1) is 0 Å². The molecule has 1 aliphatic heterocycles. The van der Waals surface area contributed by atoms with Gasteiger partial charge in [-0.05, 0) is 12.1 Å². The number of benzene rings is 1. The topological polar surface area (TPSA) is 84.7 Å². The number of carbonyl (C=O) groups is 2. The van der Waals surface area contributed by atoms with E-state index in [-0.39, 0.29) is 16.7 Å². The Kier molecular flexibility index (Phi) is 4.54. The molecule has 27 heavy (non-hydrogen) atoms. The smallest absolute Gasteiger partial charge is 0.450 e. The predicted molar refractivity (Wildman–Crippen MR) is 81.3 cm³/mol. The van der Waals surface area contributed by atoms with Crippen molar-refractivity contribution in [1.29, 1.82) is 0 Å². The number of aromatic nitrogens is 2. The zero-order valence-electron chi connectivity index (χ0n) is 13.8. The van der Waals surface area contributed by atoms with Gasteiger partial charge in [0.05, 0.1) is 6.20 Å². The molecular formula is C16H13F4N3O4. The molecule has 1 aliphatic rings. The average Bonchev–Trinajstić information content (AvgIpc) is 2.96. The quantitative estimate of drug-likeness (QED) is 0.646. The number of hydrogen-bond acceptors (Lipinski definition) is 4. The molecule has 2 heterocycles. The molecule has 7 nitrogen and oxygen atoms in total. The van der Waals surface area contributed by atoms with Crippen molar-refractivity contribution in [2.75, 3.05) is 6.54 Å². The van der Waals surface area contributed by atoms with E-state index in [1.54, 1.807) is 0 Å². The third-order valence-electron chi connectivity index (χ3n) is 4.08. The van der Waals surface area contributed by atoms with E-state index in [2.05, 4.69) is 5.10 Å². The molecule has 0 radical (unpaired) electrons. The highest BCUT2D eigenvalue weighted by Crippen LogP contribution is 2.44. The molecule has 0 spiro atoms. The van der Waals surface area contributed by atoms with Crippen molar-refractivity contribution >= 4 is 12.1 Å². The summed E-state index contributed by atoms with van der Waals surface area (Å²) in [6, 6.07) is 1.45. The van der Waals surface area contributed by atoms with E-state index >= 15 is 0 Å². The molecule has 1 amide bonds. The first-order chi connectivity index (χ1) is 12.6. The molecule has 144 valence electrons. The Morgan fingerprint density at radius 2 is 2.07 bits per heavy atom. The normalized spacial score (nSPS) is 19.7. The van der Waals surface area contributed by atoms with Gasteiger partial charge in [0.1, 0.15) is 18.4 Å². The van der Waals surface area contributed by atoms with Crippen molar-refractivity contribution in [2.24, 2.45) is 7.05 Å². The summed E-state index contributed by atoms with van der Waals surface area (Å²) in [4.78, 5) is 24.3. The Morgan fingerprint density at radius 1 is 1.37 bits per heavy atom. The highest BCUT2D eigenvalue weighted by Gasteiger charge is 2.47. The lowest BCUT2D eigenvalue weighted by Crippen LogP contribution is -2.47. The van der Waals surface area contributed by atoms with E-state index < -0.39 is 42.7 Å². The van der Waals surface area contributed by atoms with Crippen LogP contribution < -0.4 is 0 Å². The van der Waals surface area contributed by atoms with Crippen LogP contribution in [0.25, 0.3) is 0 Å². The average molecular weight is 387 g/mol. The summed E-state index contributed by atoms with van der Waals surface area (Å²) in [6.07, 6.45) is -5.43. The van der Waals surface area contributed by atoms with E-state index in [9.17, 15) is 27.2 Å². The minimum absolute atomic E-state index is 0.0175. The Morgan fingerprint density at radius 3 is 2.63 bits per heavy atom. The summed E-state index contributed by atoms with van der Waals surface area (Å²) in [6.45, 7) is -1.67. The van der Waals surface area contributed by atoms with Crippen molar-refractivity contribution in [2.45, 2.75) is 18.3 Å². The number of halogens is 4. The maximum atomic E-state index is 13.6. The molecule has 0 fully saturated rings. The van der Waals surface area contributed by atoms with Gasteiger partial charge in [-0.25, -0.2) is 9.18 Å². The summed E-state index contributed by atoms with van der Waals surface area (Å²) < 4.78 is 59.0. The largest absolute Gasteiger partial charge is 0.506 e. The molecule has 1 N–H and O–H groups in total. The van der Waals surface area contributed by atoms with Crippen molar-refractivity contribution in [3.8, 4) is 0 Å². The van der Waals surface area contributed by atoms with Crippen LogP contribution in [-0.4, -0.2) is 44.6 Å². The molecule has 0 aliphatic carbocycles. The fourth-order valence-corrected chi connectivity index (χ4v) is 3.12. The zero-order valence-corrected chi connectivity index (χ0v) is 13.8. The predicted octanol–water partition coefficient (Wildman–Crippen LogP) is 3.05. The fourth-order valence-electron chi connectivity index (χ4n) is 3.12. The summed E-state index contributed by atoms with van der Waals surface area (Å²) in [5.74, 6) is -1.93. The van der Waals surface area contributed by atoms with Crippen LogP contribution in [0.15, 0.2) is 30.6 Å². The maximum Gasteiger partial charge on any atom is 0.506 e. The highest BCUT2D eigenvalue weighted by molar-refractivity contribution is 5.97. The van der Waals surface area contributed by atoms with E-state index in [1.165, 1.54) is 24.1 Å². The second-order valence-corrected chi connectivity index (χ2v) is 5.98. The number of rotatable bonds is 3. The molecule has 11 heteroatoms. The SMILES string of the molecule is Cn1cc(C2C(OC(=O)O)c3ccc(F)cc3C(=O)N2CC(F)(F)F)cn1. The number of carboxylic acid groups (broad SMARTS) is 1. The lowest BCUT2D eigenvalue weighted by atomic mass is 9.87. The van der Waals surface area contributed by atoms with Gasteiger partial charge >= 0.3 is 12.3 Å². The van der Waals surface area contributed by atoms with Crippen LogP contribution in [0.4, 0.5) is 22.4 Å². The number of fused-ring (bicyclic) bond motifs is 1. The first-order valence-corrected chi connectivity index (χ1v) is 7.62. The first kappa shape index (κ1) is 18.7. The van der Waals surface area contributed by atoms with Gasteiger partial charge in [0.15, 0.2) is 6.10 Å². The first-order valence-electron chi connectivity index (χ1n) is 7.62. The van der Waals surface area contributed by atoms with E-state index in [0.717, 1.165) is 18.2 Å². The van der Waals surface area contributed by atoms with Crippen molar-refractivity contribution in [1.82, 2.24) is 14.7 Å². The van der Waals surface area contributed by atoms with Crippen LogP contribution in [0.2, 0.25) is 0 Å². The Labute approximate surface area is 149 Å². The number of aryl methyl sites for hydroxylation is 1. The number of alkyl halides is 3. The van der Waals surface area contributed by atoms with Gasteiger partial charge in [0, 0.05) is 29.9 Å². The number of ether oxygens (including phenoxy) is 1. The monoisotopic (exact) mass is 387 g/mol. The van der Waals surface area contributed by atoms with Gasteiger partial charge in [-0.2, -0.15) is 18.3 Å². The summed E-state index contributed by atoms with van der Waals surface area (Å²) in [5.41, 5.74) is -0.252. The highest BCUT2D eigenvalue weighted by atomic mass is 19.4. The van der Waals surface area contributed by atoms with Crippen LogP contribution in [0.5, 0.6) is 0 Å². The fraction of sp³-hybridized carbons (Fsp3) is 0.312. The van der Waals surface area contributed by atoms with Crippen LogP contribution in [0.1, 0.15) is 33.6 Å². The van der Waals surface area contributed by atoms with Crippen LogP contribution in [0.3, 0.4) is 0 Å². The van der Waals surface area contributed by atoms with Crippen molar-refractivity contribution in [3.63, 3.8) is 0 Å². The summed E-state index contributed by atoms with van der Waals surface area (Å²) in [5, 5.41) is 12.9. The number of hydrogen-bond donors (Lipinski definition) is 1. The number of carbonyl (C=O) groups excluding carboxylic acids is 1. The van der Waals surface area contributed by atoms with Gasteiger partial charge < -0.3 is 14.7 Å². The summed E-state index contributed by atoms with van der Waals surface area (Å²) in [7, 11) is 1.51. The second kappa shape index (κ2) is 6.56. The van der Waals surface area contributed by atoms with Gasteiger partial charge in [0.2, 0.25) is 0 Å². The number of nitrogens with zero attached hydrogens (tertiary/aromatic N) is 3. The lowest BCUT2D eigenvalue weighted by molar-refractivity contribution is -0.150. The van der Waals surface area contributed by atoms with Gasteiger partial charge in [-0.3, -0.25) is 9.48 Å². The molecule has 1 aromatic carbocycles. The molecule has 2 unspecified atom stereocenters. The van der Waals surface area contributed by atoms with E-state index in [4.69, 9.17) is 9.84 Å². The molecule has 0 saturated carbocycles. The number of amides is 1. The molecule has 2 atom stereocenters. The van der Waals surface area contributed by atoms with Crippen molar-refractivity contribution in [3.05, 3.63) is 53.1 Å².